The second-order valence-corrected chi connectivity index (χ2v) is 4.37. The number of benzene rings is 1. The van der Waals surface area contributed by atoms with Gasteiger partial charge in [0.1, 0.15) is 5.82 Å². The molecule has 0 amide bonds. The monoisotopic (exact) mass is 249 g/mol. The summed E-state index contributed by atoms with van der Waals surface area (Å²) in [6, 6.07) is 5.67. The van der Waals surface area contributed by atoms with E-state index in [0.717, 1.165) is 6.42 Å². The highest BCUT2D eigenvalue weighted by atomic mass is 19.1. The maximum atomic E-state index is 12.8. The topological polar surface area (TPSA) is 64.9 Å². The number of nitrogens with zero attached hydrogens (tertiary/aromatic N) is 2. The summed E-state index contributed by atoms with van der Waals surface area (Å²) in [6.45, 7) is 4.09. The average Bonchev–Trinajstić information content (AvgIpc) is 2.87. The van der Waals surface area contributed by atoms with Gasteiger partial charge in [0.25, 0.3) is 0 Å². The van der Waals surface area contributed by atoms with E-state index in [1.807, 2.05) is 6.92 Å². The van der Waals surface area contributed by atoms with E-state index in [1.54, 1.807) is 12.1 Å². The third kappa shape index (κ3) is 2.56. The molecule has 2 atom stereocenters. The van der Waals surface area contributed by atoms with E-state index in [-0.39, 0.29) is 17.8 Å². The largest absolute Gasteiger partial charge is 0.337 e. The molecule has 2 rings (SSSR count). The van der Waals surface area contributed by atoms with Crippen LogP contribution in [0.25, 0.3) is 11.4 Å². The van der Waals surface area contributed by atoms with Gasteiger partial charge in [-0.2, -0.15) is 4.98 Å². The molecule has 1 aromatic carbocycles. The SMILES string of the molecule is CCC(C)C(N)c1nc(-c2ccc(F)cc2)no1. The Bertz CT molecular complexity index is 509. The van der Waals surface area contributed by atoms with Crippen molar-refractivity contribution in [2.45, 2.75) is 26.3 Å². The van der Waals surface area contributed by atoms with Crippen LogP contribution in [-0.4, -0.2) is 10.1 Å². The minimum Gasteiger partial charge on any atom is -0.337 e. The lowest BCUT2D eigenvalue weighted by Crippen LogP contribution is -2.18. The van der Waals surface area contributed by atoms with Gasteiger partial charge >= 0.3 is 0 Å². The average molecular weight is 249 g/mol. The number of nitrogens with two attached hydrogens (primary N) is 1. The molecular weight excluding hydrogens is 233 g/mol. The summed E-state index contributed by atoms with van der Waals surface area (Å²) in [4.78, 5) is 4.25. The zero-order valence-corrected chi connectivity index (χ0v) is 10.4. The summed E-state index contributed by atoms with van der Waals surface area (Å²) in [6.07, 6.45) is 0.940. The van der Waals surface area contributed by atoms with Gasteiger partial charge in [0.2, 0.25) is 11.7 Å². The van der Waals surface area contributed by atoms with Crippen LogP contribution in [0, 0.1) is 11.7 Å². The van der Waals surface area contributed by atoms with Crippen molar-refractivity contribution < 1.29 is 8.91 Å². The first-order chi connectivity index (χ1) is 8.61. The zero-order chi connectivity index (χ0) is 13.1. The second kappa shape index (κ2) is 5.27. The van der Waals surface area contributed by atoms with E-state index in [2.05, 4.69) is 17.1 Å². The van der Waals surface area contributed by atoms with Crippen LogP contribution in [0.15, 0.2) is 28.8 Å². The molecule has 0 aliphatic carbocycles. The smallest absolute Gasteiger partial charge is 0.244 e. The Balaban J connectivity index is 2.22. The predicted octanol–water partition coefficient (Wildman–Crippen LogP) is 2.92. The number of halogens is 1. The third-order valence-electron chi connectivity index (χ3n) is 3.09. The van der Waals surface area contributed by atoms with Gasteiger partial charge in [0.05, 0.1) is 6.04 Å². The first kappa shape index (κ1) is 12.7. The molecule has 1 aromatic heterocycles. The van der Waals surface area contributed by atoms with Crippen LogP contribution in [0.5, 0.6) is 0 Å². The number of hydrogen-bond donors (Lipinski definition) is 1. The van der Waals surface area contributed by atoms with Crippen LogP contribution < -0.4 is 5.73 Å². The molecule has 96 valence electrons. The zero-order valence-electron chi connectivity index (χ0n) is 10.4. The summed E-state index contributed by atoms with van der Waals surface area (Å²) in [5.41, 5.74) is 6.72. The Labute approximate surface area is 105 Å². The first-order valence-corrected chi connectivity index (χ1v) is 5.97. The molecule has 0 saturated carbocycles. The number of aromatic nitrogens is 2. The normalized spacial score (nSPS) is 14.4. The Morgan fingerprint density at radius 3 is 2.61 bits per heavy atom. The van der Waals surface area contributed by atoms with Crippen molar-refractivity contribution in [2.75, 3.05) is 0 Å². The fraction of sp³-hybridized carbons (Fsp3) is 0.385. The molecule has 18 heavy (non-hydrogen) atoms. The standard InChI is InChI=1S/C13H16FN3O/c1-3-8(2)11(15)13-16-12(17-18-13)9-4-6-10(14)7-5-9/h4-8,11H,3,15H2,1-2H3. The maximum absolute atomic E-state index is 12.8. The molecule has 0 aliphatic heterocycles. The van der Waals surface area contributed by atoms with E-state index in [0.29, 0.717) is 17.3 Å². The molecule has 1 heterocycles. The molecule has 0 radical (unpaired) electrons. The lowest BCUT2D eigenvalue weighted by atomic mass is 10.0. The van der Waals surface area contributed by atoms with Crippen molar-refractivity contribution in [2.24, 2.45) is 11.7 Å². The van der Waals surface area contributed by atoms with E-state index < -0.39 is 0 Å². The van der Waals surface area contributed by atoms with Gasteiger partial charge in [-0.1, -0.05) is 25.4 Å². The summed E-state index contributed by atoms with van der Waals surface area (Å²) < 4.78 is 18.0. The van der Waals surface area contributed by atoms with E-state index >= 15 is 0 Å². The number of hydrogen-bond acceptors (Lipinski definition) is 4. The van der Waals surface area contributed by atoms with Crippen molar-refractivity contribution in [1.29, 1.82) is 0 Å². The van der Waals surface area contributed by atoms with Gasteiger partial charge in [-0.25, -0.2) is 4.39 Å². The fourth-order valence-electron chi connectivity index (χ4n) is 1.58. The van der Waals surface area contributed by atoms with Crippen molar-refractivity contribution in [3.8, 4) is 11.4 Å². The van der Waals surface area contributed by atoms with Crippen LogP contribution in [0.1, 0.15) is 32.2 Å². The molecule has 0 spiro atoms. The van der Waals surface area contributed by atoms with E-state index in [1.165, 1.54) is 12.1 Å². The van der Waals surface area contributed by atoms with Crippen LogP contribution in [0.4, 0.5) is 4.39 Å². The van der Waals surface area contributed by atoms with Crippen LogP contribution in [-0.2, 0) is 0 Å². The van der Waals surface area contributed by atoms with Crippen molar-refractivity contribution >= 4 is 0 Å². The third-order valence-corrected chi connectivity index (χ3v) is 3.09. The predicted molar refractivity (Wildman–Crippen MR) is 66.1 cm³/mol. The van der Waals surface area contributed by atoms with Gasteiger partial charge in [-0.05, 0) is 30.2 Å². The Morgan fingerprint density at radius 1 is 1.33 bits per heavy atom. The van der Waals surface area contributed by atoms with Gasteiger partial charge < -0.3 is 10.3 Å². The lowest BCUT2D eigenvalue weighted by molar-refractivity contribution is 0.312. The maximum Gasteiger partial charge on any atom is 0.244 e. The minimum absolute atomic E-state index is 0.267. The van der Waals surface area contributed by atoms with Gasteiger partial charge in [-0.15, -0.1) is 0 Å². The molecule has 0 fully saturated rings. The van der Waals surface area contributed by atoms with Crippen molar-refractivity contribution in [1.82, 2.24) is 10.1 Å². The summed E-state index contributed by atoms with van der Waals surface area (Å²) in [7, 11) is 0. The van der Waals surface area contributed by atoms with Crippen LogP contribution >= 0.6 is 0 Å². The molecule has 0 aliphatic rings. The highest BCUT2D eigenvalue weighted by Gasteiger charge is 2.20. The second-order valence-electron chi connectivity index (χ2n) is 4.37. The summed E-state index contributed by atoms with van der Waals surface area (Å²) in [5, 5.41) is 3.87. The fourth-order valence-corrected chi connectivity index (χ4v) is 1.58. The quantitative estimate of drug-likeness (QED) is 0.904. The van der Waals surface area contributed by atoms with Crippen molar-refractivity contribution in [3.05, 3.63) is 36.0 Å². The Morgan fingerprint density at radius 2 is 2.00 bits per heavy atom. The van der Waals surface area contributed by atoms with Crippen molar-refractivity contribution in [3.63, 3.8) is 0 Å². The Kier molecular flexibility index (Phi) is 3.72. The minimum atomic E-state index is -0.293. The van der Waals surface area contributed by atoms with Crippen LogP contribution in [0.2, 0.25) is 0 Å². The van der Waals surface area contributed by atoms with Gasteiger partial charge in [0.15, 0.2) is 0 Å². The molecule has 4 nitrogen and oxygen atoms in total. The summed E-state index contributed by atoms with van der Waals surface area (Å²) >= 11 is 0. The van der Waals surface area contributed by atoms with E-state index in [4.69, 9.17) is 10.3 Å². The molecule has 2 aromatic rings. The molecular formula is C13H16FN3O. The molecule has 5 heteroatoms. The molecule has 0 saturated heterocycles. The molecule has 2 N–H and O–H groups in total. The van der Waals surface area contributed by atoms with Gasteiger partial charge in [0, 0.05) is 5.56 Å². The summed E-state index contributed by atoms with van der Waals surface area (Å²) in [5.74, 6) is 0.831. The highest BCUT2D eigenvalue weighted by molar-refractivity contribution is 5.53. The number of rotatable bonds is 4. The molecule has 2 unspecified atom stereocenters. The van der Waals surface area contributed by atoms with Gasteiger partial charge in [-0.3, -0.25) is 0 Å². The highest BCUT2D eigenvalue weighted by Crippen LogP contribution is 2.23. The van der Waals surface area contributed by atoms with E-state index in [9.17, 15) is 4.39 Å². The lowest BCUT2D eigenvalue weighted by Gasteiger charge is -2.12. The molecule has 0 bridgehead atoms. The first-order valence-electron chi connectivity index (χ1n) is 5.97. The Hall–Kier alpha value is -1.75. The van der Waals surface area contributed by atoms with Crippen LogP contribution in [0.3, 0.4) is 0 Å².